The Morgan fingerprint density at radius 1 is 1.36 bits per heavy atom. The average molecular weight is 360 g/mol. The minimum absolute atomic E-state index is 0.0153. The number of nitrogens with zero attached hydrogens (tertiary/aromatic N) is 3. The molecule has 1 N–H and O–H groups in total. The zero-order valence-electron chi connectivity index (χ0n) is 13.0. The van der Waals surface area contributed by atoms with E-state index in [0.717, 1.165) is 11.8 Å². The number of rotatable bonds is 6. The van der Waals surface area contributed by atoms with Gasteiger partial charge in [0.1, 0.15) is 0 Å². The van der Waals surface area contributed by atoms with Crippen LogP contribution < -0.4 is 5.32 Å². The van der Waals surface area contributed by atoms with Gasteiger partial charge in [0.25, 0.3) is 16.8 Å². The first-order valence-electron chi connectivity index (χ1n) is 7.08. The lowest BCUT2D eigenvalue weighted by Crippen LogP contribution is -2.14. The topological polar surface area (TPSA) is 124 Å². The number of thioether (sulfide) groups is 1. The van der Waals surface area contributed by atoms with Crippen molar-refractivity contribution in [2.24, 2.45) is 0 Å². The third-order valence-corrected chi connectivity index (χ3v) is 3.97. The third kappa shape index (κ3) is 4.04. The molecule has 0 atom stereocenters. The minimum atomic E-state index is -0.492. The van der Waals surface area contributed by atoms with E-state index < -0.39 is 4.92 Å². The second-order valence-electron chi connectivity index (χ2n) is 4.95. The normalized spacial score (nSPS) is 10.6. The molecule has 0 spiro atoms. The number of amides is 1. The van der Waals surface area contributed by atoms with Crippen LogP contribution in [-0.4, -0.2) is 26.8 Å². The molecule has 128 valence electrons. The van der Waals surface area contributed by atoms with Crippen molar-refractivity contribution in [3.63, 3.8) is 0 Å². The first kappa shape index (κ1) is 16.7. The molecule has 25 heavy (non-hydrogen) atoms. The van der Waals surface area contributed by atoms with Gasteiger partial charge in [-0.05, 0) is 25.1 Å². The summed E-state index contributed by atoms with van der Waals surface area (Å²) < 4.78 is 10.5. The van der Waals surface area contributed by atoms with Crippen LogP contribution in [0.4, 0.5) is 11.4 Å². The van der Waals surface area contributed by atoms with Crippen molar-refractivity contribution in [2.75, 3.05) is 11.1 Å². The second kappa shape index (κ2) is 7.18. The summed E-state index contributed by atoms with van der Waals surface area (Å²) in [6, 6.07) is 7.88. The van der Waals surface area contributed by atoms with E-state index in [4.69, 9.17) is 8.83 Å². The molecule has 0 radical (unpaired) electrons. The van der Waals surface area contributed by atoms with Crippen LogP contribution in [0.3, 0.4) is 0 Å². The van der Waals surface area contributed by atoms with Crippen LogP contribution in [0.1, 0.15) is 5.56 Å². The summed E-state index contributed by atoms with van der Waals surface area (Å²) >= 11 is 1.05. The summed E-state index contributed by atoms with van der Waals surface area (Å²) in [5.74, 6) is 0.334. The Hall–Kier alpha value is -3.14. The molecule has 3 aromatic rings. The van der Waals surface area contributed by atoms with Gasteiger partial charge in [0.2, 0.25) is 5.91 Å². The predicted molar refractivity (Wildman–Crippen MR) is 89.2 cm³/mol. The molecule has 0 fully saturated rings. The van der Waals surface area contributed by atoms with Gasteiger partial charge in [-0.2, -0.15) is 0 Å². The Kier molecular flexibility index (Phi) is 4.80. The summed E-state index contributed by atoms with van der Waals surface area (Å²) in [6.07, 6.45) is 1.49. The molecule has 0 unspecified atom stereocenters. The van der Waals surface area contributed by atoms with E-state index in [1.165, 1.54) is 12.3 Å². The number of aromatic nitrogens is 2. The van der Waals surface area contributed by atoms with Gasteiger partial charge in [-0.3, -0.25) is 14.9 Å². The Morgan fingerprint density at radius 2 is 2.20 bits per heavy atom. The molecule has 0 saturated heterocycles. The molecule has 1 amide bonds. The highest BCUT2D eigenvalue weighted by Gasteiger charge is 2.15. The van der Waals surface area contributed by atoms with E-state index in [-0.39, 0.29) is 28.5 Å². The summed E-state index contributed by atoms with van der Waals surface area (Å²) in [6.45, 7) is 1.63. The maximum atomic E-state index is 12.0. The summed E-state index contributed by atoms with van der Waals surface area (Å²) in [5.41, 5.74) is 0.823. The first-order chi connectivity index (χ1) is 12.0. The molecular weight excluding hydrogens is 348 g/mol. The van der Waals surface area contributed by atoms with Crippen LogP contribution in [0.25, 0.3) is 11.7 Å². The number of carbonyl (C=O) groups excluding carboxylic acids is 1. The monoisotopic (exact) mass is 360 g/mol. The molecular formula is C15H12N4O5S. The number of nitro benzene ring substituents is 1. The predicted octanol–water partition coefficient (Wildman–Crippen LogP) is 3.28. The number of furan rings is 1. The Balaban J connectivity index is 1.58. The van der Waals surface area contributed by atoms with Crippen LogP contribution in [0.2, 0.25) is 0 Å². The van der Waals surface area contributed by atoms with Crippen molar-refractivity contribution < 1.29 is 18.6 Å². The van der Waals surface area contributed by atoms with Gasteiger partial charge in [-0.15, -0.1) is 10.2 Å². The van der Waals surface area contributed by atoms with Crippen LogP contribution in [-0.2, 0) is 4.79 Å². The lowest BCUT2D eigenvalue weighted by molar-refractivity contribution is -0.385. The molecule has 10 heteroatoms. The molecule has 2 aromatic heterocycles. The van der Waals surface area contributed by atoms with Crippen molar-refractivity contribution in [3.05, 3.63) is 52.3 Å². The maximum absolute atomic E-state index is 12.0. The van der Waals surface area contributed by atoms with Gasteiger partial charge < -0.3 is 14.2 Å². The average Bonchev–Trinajstić information content (AvgIpc) is 3.25. The molecule has 0 aliphatic heterocycles. The van der Waals surface area contributed by atoms with Gasteiger partial charge in [0, 0.05) is 17.3 Å². The molecule has 9 nitrogen and oxygen atoms in total. The number of nitro groups is 1. The fourth-order valence-corrected chi connectivity index (χ4v) is 2.54. The van der Waals surface area contributed by atoms with Crippen LogP contribution in [0, 0.1) is 17.0 Å². The van der Waals surface area contributed by atoms with Gasteiger partial charge in [0.05, 0.1) is 16.9 Å². The number of hydrogen-bond acceptors (Lipinski definition) is 8. The molecule has 0 aliphatic carbocycles. The fourth-order valence-electron chi connectivity index (χ4n) is 1.98. The van der Waals surface area contributed by atoms with E-state index in [2.05, 4.69) is 15.5 Å². The van der Waals surface area contributed by atoms with Crippen molar-refractivity contribution in [1.29, 1.82) is 0 Å². The Morgan fingerprint density at radius 3 is 2.92 bits per heavy atom. The molecule has 0 bridgehead atoms. The van der Waals surface area contributed by atoms with Crippen LogP contribution in [0.15, 0.2) is 50.7 Å². The van der Waals surface area contributed by atoms with Crippen molar-refractivity contribution in [3.8, 4) is 11.7 Å². The smallest absolute Gasteiger partial charge is 0.284 e. The lowest BCUT2D eigenvalue weighted by Gasteiger charge is -2.05. The summed E-state index contributed by atoms with van der Waals surface area (Å²) in [5, 5.41) is 21.4. The maximum Gasteiger partial charge on any atom is 0.284 e. The number of hydrogen-bond donors (Lipinski definition) is 1. The largest absolute Gasteiger partial charge is 0.459 e. The Labute approximate surface area is 145 Å². The minimum Gasteiger partial charge on any atom is -0.459 e. The van der Waals surface area contributed by atoms with E-state index in [9.17, 15) is 14.9 Å². The van der Waals surface area contributed by atoms with Gasteiger partial charge in [-0.1, -0.05) is 17.8 Å². The number of carbonyl (C=O) groups is 1. The van der Waals surface area contributed by atoms with Crippen molar-refractivity contribution in [1.82, 2.24) is 10.2 Å². The van der Waals surface area contributed by atoms with Gasteiger partial charge in [0.15, 0.2) is 5.76 Å². The van der Waals surface area contributed by atoms with Crippen molar-refractivity contribution in [2.45, 2.75) is 12.1 Å². The first-order valence-corrected chi connectivity index (χ1v) is 8.06. The molecule has 0 saturated carbocycles. The quantitative estimate of drug-likeness (QED) is 0.403. The summed E-state index contributed by atoms with van der Waals surface area (Å²) in [7, 11) is 0. The summed E-state index contributed by atoms with van der Waals surface area (Å²) in [4.78, 5) is 22.4. The molecule has 0 aliphatic rings. The number of benzene rings is 1. The number of anilines is 1. The van der Waals surface area contributed by atoms with Crippen LogP contribution in [0.5, 0.6) is 0 Å². The standard InChI is InChI=1S/C15H12N4O5S/c1-9-4-5-10(7-11(9)19(21)22)16-13(20)8-25-15-18-17-14(24-15)12-3-2-6-23-12/h2-7H,8H2,1H3,(H,16,20). The zero-order chi connectivity index (χ0) is 17.8. The van der Waals surface area contributed by atoms with E-state index in [1.54, 1.807) is 31.2 Å². The van der Waals surface area contributed by atoms with Gasteiger partial charge >= 0.3 is 0 Å². The zero-order valence-corrected chi connectivity index (χ0v) is 13.8. The number of aryl methyl sites for hydroxylation is 1. The highest BCUT2D eigenvalue weighted by Crippen LogP contribution is 2.25. The van der Waals surface area contributed by atoms with E-state index in [1.807, 2.05) is 0 Å². The van der Waals surface area contributed by atoms with E-state index in [0.29, 0.717) is 17.0 Å². The molecule has 2 heterocycles. The van der Waals surface area contributed by atoms with Gasteiger partial charge in [-0.25, -0.2) is 0 Å². The van der Waals surface area contributed by atoms with E-state index >= 15 is 0 Å². The molecule has 3 rings (SSSR count). The number of nitrogens with one attached hydrogen (secondary N) is 1. The van der Waals surface area contributed by atoms with Crippen LogP contribution >= 0.6 is 11.8 Å². The Bertz CT molecular complexity index is 907. The lowest BCUT2D eigenvalue weighted by atomic mass is 10.2. The SMILES string of the molecule is Cc1ccc(NC(=O)CSc2nnc(-c3ccco3)o2)cc1[N+](=O)[O-]. The highest BCUT2D eigenvalue weighted by molar-refractivity contribution is 7.99. The fraction of sp³-hybridized carbons (Fsp3) is 0.133. The third-order valence-electron chi connectivity index (χ3n) is 3.15. The second-order valence-corrected chi connectivity index (χ2v) is 5.87. The molecule has 1 aromatic carbocycles. The highest BCUT2D eigenvalue weighted by atomic mass is 32.2. The van der Waals surface area contributed by atoms with Crippen molar-refractivity contribution >= 4 is 29.0 Å².